The maximum atomic E-state index is 12.4. The topological polar surface area (TPSA) is 30.2 Å². The molecule has 0 fully saturated rings. The molecule has 0 aliphatic rings. The number of halogens is 3. The van der Waals surface area contributed by atoms with Crippen LogP contribution in [-0.2, 0) is 0 Å². The average Bonchev–Trinajstić information content (AvgIpc) is 2.80. The van der Waals surface area contributed by atoms with Gasteiger partial charge in [-0.3, -0.25) is 4.79 Å². The SMILES string of the molecule is O=C(c1ccccc1-c1ccco1)C(F)(F)F. The predicted octanol–water partition coefficient (Wildman–Crippen LogP) is 3.69. The molecule has 0 spiro atoms. The molecule has 88 valence electrons. The Balaban J connectivity index is 2.53. The lowest BCUT2D eigenvalue weighted by Crippen LogP contribution is -2.23. The van der Waals surface area contributed by atoms with E-state index in [1.807, 2.05) is 0 Å². The first-order valence-electron chi connectivity index (χ1n) is 4.74. The van der Waals surface area contributed by atoms with Crippen LogP contribution in [0.15, 0.2) is 47.1 Å². The molecule has 5 heteroatoms. The Labute approximate surface area is 94.7 Å². The van der Waals surface area contributed by atoms with E-state index in [-0.39, 0.29) is 11.3 Å². The fraction of sp³-hybridized carbons (Fsp3) is 0.0833. The van der Waals surface area contributed by atoms with E-state index < -0.39 is 17.5 Å². The third-order valence-electron chi connectivity index (χ3n) is 2.22. The zero-order valence-corrected chi connectivity index (χ0v) is 8.49. The zero-order valence-electron chi connectivity index (χ0n) is 8.49. The molecule has 1 heterocycles. The Morgan fingerprint density at radius 2 is 1.76 bits per heavy atom. The number of rotatable bonds is 2. The molecule has 0 N–H and O–H groups in total. The van der Waals surface area contributed by atoms with Crippen LogP contribution in [0.2, 0.25) is 0 Å². The first kappa shape index (κ1) is 11.4. The van der Waals surface area contributed by atoms with Gasteiger partial charge in [-0.15, -0.1) is 0 Å². The van der Waals surface area contributed by atoms with Gasteiger partial charge in [-0.05, 0) is 12.1 Å². The van der Waals surface area contributed by atoms with Crippen LogP contribution in [0.3, 0.4) is 0 Å². The largest absolute Gasteiger partial charge is 0.464 e. The third-order valence-corrected chi connectivity index (χ3v) is 2.22. The van der Waals surface area contributed by atoms with E-state index in [0.29, 0.717) is 0 Å². The second kappa shape index (κ2) is 4.08. The van der Waals surface area contributed by atoms with Gasteiger partial charge in [0.05, 0.1) is 6.26 Å². The highest BCUT2D eigenvalue weighted by atomic mass is 19.4. The lowest BCUT2D eigenvalue weighted by atomic mass is 10.0. The number of hydrogen-bond donors (Lipinski definition) is 0. The smallest absolute Gasteiger partial charge is 0.454 e. The summed E-state index contributed by atoms with van der Waals surface area (Å²) in [5.74, 6) is -1.64. The number of benzene rings is 1. The molecular formula is C12H7F3O2. The summed E-state index contributed by atoms with van der Waals surface area (Å²) in [6.07, 6.45) is -3.55. The minimum atomic E-state index is -4.89. The van der Waals surface area contributed by atoms with Gasteiger partial charge >= 0.3 is 6.18 Å². The molecule has 0 saturated carbocycles. The predicted molar refractivity (Wildman–Crippen MR) is 54.5 cm³/mol. The van der Waals surface area contributed by atoms with Crippen molar-refractivity contribution in [2.75, 3.05) is 0 Å². The molecule has 0 aliphatic carbocycles. The summed E-state index contributed by atoms with van der Waals surface area (Å²) in [7, 11) is 0. The Morgan fingerprint density at radius 3 is 2.35 bits per heavy atom. The molecule has 1 aromatic carbocycles. The molecule has 0 radical (unpaired) electrons. The normalized spacial score (nSPS) is 11.5. The summed E-state index contributed by atoms with van der Waals surface area (Å²) in [5.41, 5.74) is -0.269. The lowest BCUT2D eigenvalue weighted by Gasteiger charge is -2.08. The molecule has 0 unspecified atom stereocenters. The molecular weight excluding hydrogens is 233 g/mol. The highest BCUT2D eigenvalue weighted by molar-refractivity contribution is 6.05. The quantitative estimate of drug-likeness (QED) is 0.749. The third kappa shape index (κ3) is 2.22. The van der Waals surface area contributed by atoms with Crippen LogP contribution in [0.25, 0.3) is 11.3 Å². The van der Waals surface area contributed by atoms with Gasteiger partial charge in [0.1, 0.15) is 5.76 Å². The van der Waals surface area contributed by atoms with Gasteiger partial charge in [0.2, 0.25) is 0 Å². The van der Waals surface area contributed by atoms with Crippen molar-refractivity contribution in [3.8, 4) is 11.3 Å². The Bertz CT molecular complexity index is 527. The van der Waals surface area contributed by atoms with E-state index in [1.165, 1.54) is 24.5 Å². The first-order valence-corrected chi connectivity index (χ1v) is 4.74. The summed E-state index contributed by atoms with van der Waals surface area (Å²) in [6, 6.07) is 8.52. The zero-order chi connectivity index (χ0) is 12.5. The standard InChI is InChI=1S/C12H7F3O2/c13-12(14,15)11(16)9-5-2-1-4-8(9)10-6-3-7-17-10/h1-7H. The molecule has 0 saturated heterocycles. The highest BCUT2D eigenvalue weighted by Gasteiger charge is 2.40. The van der Waals surface area contributed by atoms with Crippen LogP contribution in [-0.4, -0.2) is 12.0 Å². The van der Waals surface area contributed by atoms with Gasteiger partial charge in [0.15, 0.2) is 0 Å². The van der Waals surface area contributed by atoms with E-state index in [9.17, 15) is 18.0 Å². The van der Waals surface area contributed by atoms with Gasteiger partial charge in [-0.25, -0.2) is 0 Å². The second-order valence-electron chi connectivity index (χ2n) is 3.35. The number of carbonyl (C=O) groups excluding carboxylic acids is 1. The lowest BCUT2D eigenvalue weighted by molar-refractivity contribution is -0.0884. The van der Waals surface area contributed by atoms with Gasteiger partial charge in [-0.1, -0.05) is 24.3 Å². The monoisotopic (exact) mass is 240 g/mol. The summed E-state index contributed by atoms with van der Waals surface area (Å²) >= 11 is 0. The van der Waals surface area contributed by atoms with E-state index >= 15 is 0 Å². The fourth-order valence-electron chi connectivity index (χ4n) is 1.48. The maximum Gasteiger partial charge on any atom is 0.454 e. The van der Waals surface area contributed by atoms with Gasteiger partial charge in [0.25, 0.3) is 5.78 Å². The van der Waals surface area contributed by atoms with E-state index in [2.05, 4.69) is 0 Å². The van der Waals surface area contributed by atoms with E-state index in [1.54, 1.807) is 12.1 Å². The highest BCUT2D eigenvalue weighted by Crippen LogP contribution is 2.29. The number of carbonyl (C=O) groups is 1. The van der Waals surface area contributed by atoms with Crippen LogP contribution < -0.4 is 0 Å². The molecule has 0 bridgehead atoms. The number of ketones is 1. The number of Topliss-reactive ketones (excluding diaryl/α,β-unsaturated/α-hetero) is 1. The number of alkyl halides is 3. The van der Waals surface area contributed by atoms with Crippen molar-refractivity contribution in [1.29, 1.82) is 0 Å². The second-order valence-corrected chi connectivity index (χ2v) is 3.35. The van der Waals surface area contributed by atoms with E-state index in [4.69, 9.17) is 4.42 Å². The van der Waals surface area contributed by atoms with Crippen LogP contribution in [0.1, 0.15) is 10.4 Å². The molecule has 17 heavy (non-hydrogen) atoms. The van der Waals surface area contributed by atoms with Gasteiger partial charge in [0, 0.05) is 11.1 Å². The first-order chi connectivity index (χ1) is 8.00. The molecule has 0 atom stereocenters. The van der Waals surface area contributed by atoms with Crippen LogP contribution >= 0.6 is 0 Å². The number of hydrogen-bond acceptors (Lipinski definition) is 2. The summed E-state index contributed by atoms with van der Waals surface area (Å²) in [5, 5.41) is 0. The molecule has 2 rings (SSSR count). The summed E-state index contributed by atoms with van der Waals surface area (Å²) in [4.78, 5) is 11.2. The number of furan rings is 1. The van der Waals surface area contributed by atoms with Crippen LogP contribution in [0.5, 0.6) is 0 Å². The molecule has 0 aliphatic heterocycles. The molecule has 0 amide bonds. The van der Waals surface area contributed by atoms with Crippen molar-refractivity contribution < 1.29 is 22.4 Å². The Morgan fingerprint density at radius 1 is 1.06 bits per heavy atom. The van der Waals surface area contributed by atoms with Crippen molar-refractivity contribution in [2.24, 2.45) is 0 Å². The summed E-state index contributed by atoms with van der Waals surface area (Å²) in [6.45, 7) is 0. The van der Waals surface area contributed by atoms with Crippen molar-refractivity contribution in [2.45, 2.75) is 6.18 Å². The molecule has 2 aromatic rings. The minimum absolute atomic E-state index is 0.139. The van der Waals surface area contributed by atoms with Crippen molar-refractivity contribution in [3.05, 3.63) is 48.2 Å². The van der Waals surface area contributed by atoms with E-state index in [0.717, 1.165) is 6.07 Å². The van der Waals surface area contributed by atoms with Crippen molar-refractivity contribution in [1.82, 2.24) is 0 Å². The van der Waals surface area contributed by atoms with Crippen LogP contribution in [0.4, 0.5) is 13.2 Å². The van der Waals surface area contributed by atoms with Crippen LogP contribution in [0, 0.1) is 0 Å². The van der Waals surface area contributed by atoms with Crippen molar-refractivity contribution >= 4 is 5.78 Å². The van der Waals surface area contributed by atoms with Crippen molar-refractivity contribution in [3.63, 3.8) is 0 Å². The van der Waals surface area contributed by atoms with Gasteiger partial charge in [-0.2, -0.15) is 13.2 Å². The molecule has 1 aromatic heterocycles. The average molecular weight is 240 g/mol. The van der Waals surface area contributed by atoms with Gasteiger partial charge < -0.3 is 4.42 Å². The maximum absolute atomic E-state index is 12.4. The minimum Gasteiger partial charge on any atom is -0.464 e. The summed E-state index contributed by atoms with van der Waals surface area (Å²) < 4.78 is 42.1. The molecule has 2 nitrogen and oxygen atoms in total. The Hall–Kier alpha value is -2.04. The fourth-order valence-corrected chi connectivity index (χ4v) is 1.48. The Kier molecular flexibility index (Phi) is 2.75.